The van der Waals surface area contributed by atoms with Crippen molar-refractivity contribution in [2.24, 2.45) is 0 Å². The fourth-order valence-electron chi connectivity index (χ4n) is 2.43. The van der Waals surface area contributed by atoms with Crippen LogP contribution in [0.3, 0.4) is 0 Å². The van der Waals surface area contributed by atoms with Gasteiger partial charge in [0.2, 0.25) is 0 Å². The zero-order chi connectivity index (χ0) is 13.7. The van der Waals surface area contributed by atoms with Crippen molar-refractivity contribution in [1.82, 2.24) is 5.32 Å². The second kappa shape index (κ2) is 6.98. The molecule has 1 fully saturated rings. The molecule has 2 rings (SSSR count). The van der Waals surface area contributed by atoms with E-state index in [0.717, 1.165) is 24.1 Å². The van der Waals surface area contributed by atoms with Gasteiger partial charge in [-0.25, -0.2) is 4.39 Å². The Balaban J connectivity index is 2.19. The maximum atomic E-state index is 13.2. The molecule has 1 aliphatic heterocycles. The molecule has 0 spiro atoms. The molecule has 3 nitrogen and oxygen atoms in total. The Labute approximate surface area is 114 Å². The van der Waals surface area contributed by atoms with Crippen molar-refractivity contribution < 1.29 is 13.9 Å². The lowest BCUT2D eigenvalue weighted by Gasteiger charge is -2.32. The van der Waals surface area contributed by atoms with Crippen molar-refractivity contribution >= 4 is 0 Å². The van der Waals surface area contributed by atoms with Crippen LogP contribution in [0.25, 0.3) is 0 Å². The predicted molar refractivity (Wildman–Crippen MR) is 72.7 cm³/mol. The van der Waals surface area contributed by atoms with Gasteiger partial charge in [-0.3, -0.25) is 0 Å². The molecule has 19 heavy (non-hydrogen) atoms. The van der Waals surface area contributed by atoms with Gasteiger partial charge in [0.1, 0.15) is 11.9 Å². The molecule has 1 aromatic rings. The Hall–Kier alpha value is -0.970. The van der Waals surface area contributed by atoms with Crippen LogP contribution in [0.2, 0.25) is 0 Å². The second-order valence-corrected chi connectivity index (χ2v) is 4.92. The predicted octanol–water partition coefficient (Wildman–Crippen LogP) is 2.59. The van der Waals surface area contributed by atoms with Crippen molar-refractivity contribution in [2.75, 3.05) is 26.4 Å². The molecule has 0 aromatic heterocycles. The Morgan fingerprint density at radius 2 is 2.26 bits per heavy atom. The van der Waals surface area contributed by atoms with E-state index in [1.165, 1.54) is 6.07 Å². The van der Waals surface area contributed by atoms with E-state index in [9.17, 15) is 4.39 Å². The summed E-state index contributed by atoms with van der Waals surface area (Å²) in [5, 5.41) is 3.49. The highest BCUT2D eigenvalue weighted by atomic mass is 19.1. The lowest BCUT2D eigenvalue weighted by Crippen LogP contribution is -2.41. The van der Waals surface area contributed by atoms with E-state index in [-0.39, 0.29) is 18.0 Å². The van der Waals surface area contributed by atoms with Gasteiger partial charge in [0, 0.05) is 0 Å². The normalized spacial score (nSPS) is 21.3. The van der Waals surface area contributed by atoms with E-state index in [2.05, 4.69) is 12.2 Å². The molecule has 0 saturated carbocycles. The molecule has 1 aliphatic rings. The highest BCUT2D eigenvalue weighted by molar-refractivity contribution is 5.30. The third-order valence-corrected chi connectivity index (χ3v) is 3.39. The minimum atomic E-state index is -0.198. The van der Waals surface area contributed by atoms with Crippen molar-refractivity contribution in [1.29, 1.82) is 0 Å². The summed E-state index contributed by atoms with van der Waals surface area (Å²) in [6.07, 6.45) is 1.04. The molecule has 106 valence electrons. The first kappa shape index (κ1) is 14.4. The molecule has 0 radical (unpaired) electrons. The molecule has 1 heterocycles. The van der Waals surface area contributed by atoms with Gasteiger partial charge in [0.15, 0.2) is 0 Å². The third-order valence-electron chi connectivity index (χ3n) is 3.39. The zero-order valence-corrected chi connectivity index (χ0v) is 11.6. The number of aryl methyl sites for hydroxylation is 1. The molecule has 0 amide bonds. The van der Waals surface area contributed by atoms with E-state index in [1.807, 2.05) is 13.0 Å². The van der Waals surface area contributed by atoms with E-state index in [0.29, 0.717) is 19.8 Å². The van der Waals surface area contributed by atoms with E-state index < -0.39 is 0 Å². The number of ether oxygens (including phenoxy) is 2. The quantitative estimate of drug-likeness (QED) is 0.889. The molecule has 1 saturated heterocycles. The second-order valence-electron chi connectivity index (χ2n) is 4.92. The maximum Gasteiger partial charge on any atom is 0.123 e. The highest BCUT2D eigenvalue weighted by Crippen LogP contribution is 2.25. The smallest absolute Gasteiger partial charge is 0.123 e. The van der Waals surface area contributed by atoms with Crippen LogP contribution in [0.1, 0.15) is 30.5 Å². The summed E-state index contributed by atoms with van der Waals surface area (Å²) < 4.78 is 24.5. The van der Waals surface area contributed by atoms with Gasteiger partial charge in [-0.15, -0.1) is 0 Å². The van der Waals surface area contributed by atoms with Crippen LogP contribution in [-0.2, 0) is 9.47 Å². The fraction of sp³-hybridized carbons (Fsp3) is 0.600. The third kappa shape index (κ3) is 3.75. The van der Waals surface area contributed by atoms with E-state index in [4.69, 9.17) is 9.47 Å². The summed E-state index contributed by atoms with van der Waals surface area (Å²) in [5.41, 5.74) is 2.04. The standard InChI is InChI=1S/C15H22FNO2/c1-3-6-17-15(14-10-18-7-8-19-14)13-5-4-12(16)9-11(13)2/h4-5,9,14-15,17H,3,6-8,10H2,1-2H3. The summed E-state index contributed by atoms with van der Waals surface area (Å²) in [6.45, 7) is 6.82. The molecule has 1 aromatic carbocycles. The van der Waals surface area contributed by atoms with Gasteiger partial charge in [0.05, 0.1) is 25.9 Å². The van der Waals surface area contributed by atoms with Crippen LogP contribution < -0.4 is 5.32 Å². The Kier molecular flexibility index (Phi) is 5.31. The number of halogens is 1. The van der Waals surface area contributed by atoms with Crippen LogP contribution in [0.15, 0.2) is 18.2 Å². The first-order valence-electron chi connectivity index (χ1n) is 6.91. The number of hydrogen-bond acceptors (Lipinski definition) is 3. The molecule has 1 N–H and O–H groups in total. The monoisotopic (exact) mass is 267 g/mol. The van der Waals surface area contributed by atoms with Crippen LogP contribution in [-0.4, -0.2) is 32.5 Å². The van der Waals surface area contributed by atoms with Crippen LogP contribution in [0.5, 0.6) is 0 Å². The summed E-state index contributed by atoms with van der Waals surface area (Å²) in [5.74, 6) is -0.198. The molecule has 2 atom stereocenters. The summed E-state index contributed by atoms with van der Waals surface area (Å²) in [4.78, 5) is 0. The number of benzene rings is 1. The van der Waals surface area contributed by atoms with Gasteiger partial charge in [-0.05, 0) is 43.1 Å². The fourth-order valence-corrected chi connectivity index (χ4v) is 2.43. The van der Waals surface area contributed by atoms with Gasteiger partial charge in [-0.1, -0.05) is 13.0 Å². The molecule has 4 heteroatoms. The molecule has 2 unspecified atom stereocenters. The molecule has 0 bridgehead atoms. The van der Waals surface area contributed by atoms with Gasteiger partial charge in [-0.2, -0.15) is 0 Å². The van der Waals surface area contributed by atoms with E-state index in [1.54, 1.807) is 6.07 Å². The van der Waals surface area contributed by atoms with Gasteiger partial charge >= 0.3 is 0 Å². The van der Waals surface area contributed by atoms with Gasteiger partial charge in [0.25, 0.3) is 0 Å². The molecular weight excluding hydrogens is 245 g/mol. The first-order chi connectivity index (χ1) is 9.22. The topological polar surface area (TPSA) is 30.5 Å². The lowest BCUT2D eigenvalue weighted by molar-refractivity contribution is -0.102. The Bertz CT molecular complexity index is 405. The average molecular weight is 267 g/mol. The summed E-state index contributed by atoms with van der Waals surface area (Å²) >= 11 is 0. The Morgan fingerprint density at radius 1 is 1.42 bits per heavy atom. The maximum absolute atomic E-state index is 13.2. The Morgan fingerprint density at radius 3 is 2.89 bits per heavy atom. The highest BCUT2D eigenvalue weighted by Gasteiger charge is 2.27. The van der Waals surface area contributed by atoms with Crippen molar-refractivity contribution in [3.8, 4) is 0 Å². The first-order valence-corrected chi connectivity index (χ1v) is 6.91. The number of nitrogens with one attached hydrogen (secondary N) is 1. The van der Waals surface area contributed by atoms with Crippen molar-refractivity contribution in [2.45, 2.75) is 32.4 Å². The number of hydrogen-bond donors (Lipinski definition) is 1. The van der Waals surface area contributed by atoms with Gasteiger partial charge < -0.3 is 14.8 Å². The summed E-state index contributed by atoms with van der Waals surface area (Å²) in [6, 6.07) is 4.98. The lowest BCUT2D eigenvalue weighted by atomic mass is 9.96. The van der Waals surface area contributed by atoms with Crippen LogP contribution >= 0.6 is 0 Å². The number of rotatable bonds is 5. The summed E-state index contributed by atoms with van der Waals surface area (Å²) in [7, 11) is 0. The average Bonchev–Trinajstić information content (AvgIpc) is 2.42. The molecular formula is C15H22FNO2. The molecule has 0 aliphatic carbocycles. The largest absolute Gasteiger partial charge is 0.376 e. The van der Waals surface area contributed by atoms with E-state index >= 15 is 0 Å². The van der Waals surface area contributed by atoms with Crippen LogP contribution in [0, 0.1) is 12.7 Å². The van der Waals surface area contributed by atoms with Crippen molar-refractivity contribution in [3.63, 3.8) is 0 Å². The minimum Gasteiger partial charge on any atom is -0.376 e. The van der Waals surface area contributed by atoms with Crippen LogP contribution in [0.4, 0.5) is 4.39 Å². The zero-order valence-electron chi connectivity index (χ0n) is 11.6. The minimum absolute atomic E-state index is 0.00976. The van der Waals surface area contributed by atoms with Crippen molar-refractivity contribution in [3.05, 3.63) is 35.1 Å². The SMILES string of the molecule is CCCNC(c1ccc(F)cc1C)C1COCCO1.